The Morgan fingerprint density at radius 3 is 2.76 bits per heavy atom. The van der Waals surface area contributed by atoms with Crippen LogP contribution in [0.5, 0.6) is 0 Å². The molecule has 0 aromatic rings. The molecule has 0 spiro atoms. The maximum Gasteiger partial charge on any atom is 0.237 e. The Hall–Kier alpha value is -0.570. The highest BCUT2D eigenvalue weighted by Gasteiger charge is 2.33. The van der Waals surface area contributed by atoms with Gasteiger partial charge < -0.3 is 11.1 Å². The standard InChI is InChI=1S/C14H28N2O/c1-4-5-8-11(15)13(17)16-12-9-6-7-10-14(12,2)3/h11-12H,4-10,15H2,1-3H3,(H,16,17). The number of amides is 1. The molecule has 1 amide bonds. The van der Waals surface area contributed by atoms with Crippen molar-refractivity contribution in [1.82, 2.24) is 5.32 Å². The highest BCUT2D eigenvalue weighted by molar-refractivity contribution is 5.81. The molecule has 1 saturated carbocycles. The first-order chi connectivity index (χ1) is 7.97. The number of hydrogen-bond acceptors (Lipinski definition) is 2. The molecule has 1 aliphatic rings. The summed E-state index contributed by atoms with van der Waals surface area (Å²) in [4.78, 5) is 12.0. The number of rotatable bonds is 5. The summed E-state index contributed by atoms with van der Waals surface area (Å²) in [7, 11) is 0. The van der Waals surface area contributed by atoms with Crippen molar-refractivity contribution in [2.75, 3.05) is 0 Å². The predicted octanol–water partition coefficient (Wildman–Crippen LogP) is 2.59. The summed E-state index contributed by atoms with van der Waals surface area (Å²) in [5.74, 6) is 0.0402. The minimum Gasteiger partial charge on any atom is -0.351 e. The van der Waals surface area contributed by atoms with Gasteiger partial charge in [0, 0.05) is 6.04 Å². The van der Waals surface area contributed by atoms with Crippen LogP contribution in [0.15, 0.2) is 0 Å². The fraction of sp³-hybridized carbons (Fsp3) is 0.929. The molecule has 0 aromatic heterocycles. The highest BCUT2D eigenvalue weighted by Crippen LogP contribution is 2.35. The first-order valence-corrected chi connectivity index (χ1v) is 7.03. The molecule has 3 N–H and O–H groups in total. The van der Waals surface area contributed by atoms with Crippen molar-refractivity contribution in [2.45, 2.75) is 77.8 Å². The van der Waals surface area contributed by atoms with E-state index in [0.717, 1.165) is 25.7 Å². The second kappa shape index (κ2) is 6.39. The molecule has 100 valence electrons. The Bertz CT molecular complexity index is 251. The third kappa shape index (κ3) is 4.30. The van der Waals surface area contributed by atoms with Crippen LogP contribution in [-0.2, 0) is 4.79 Å². The van der Waals surface area contributed by atoms with Crippen LogP contribution < -0.4 is 11.1 Å². The fourth-order valence-electron chi connectivity index (χ4n) is 2.60. The van der Waals surface area contributed by atoms with Crippen molar-refractivity contribution in [3.05, 3.63) is 0 Å². The highest BCUT2D eigenvalue weighted by atomic mass is 16.2. The van der Waals surface area contributed by atoms with Crippen LogP contribution in [0, 0.1) is 5.41 Å². The molecule has 1 aliphatic carbocycles. The third-order valence-electron chi connectivity index (χ3n) is 4.03. The summed E-state index contributed by atoms with van der Waals surface area (Å²) in [6.07, 6.45) is 7.72. The Morgan fingerprint density at radius 2 is 2.18 bits per heavy atom. The van der Waals surface area contributed by atoms with Gasteiger partial charge in [-0.2, -0.15) is 0 Å². The minimum atomic E-state index is -0.326. The number of nitrogens with one attached hydrogen (secondary N) is 1. The average molecular weight is 240 g/mol. The van der Waals surface area contributed by atoms with Gasteiger partial charge in [0.05, 0.1) is 6.04 Å². The lowest BCUT2D eigenvalue weighted by atomic mass is 9.73. The third-order valence-corrected chi connectivity index (χ3v) is 4.03. The van der Waals surface area contributed by atoms with Crippen molar-refractivity contribution in [3.8, 4) is 0 Å². The van der Waals surface area contributed by atoms with Gasteiger partial charge >= 0.3 is 0 Å². The maximum atomic E-state index is 12.0. The molecule has 1 fully saturated rings. The van der Waals surface area contributed by atoms with E-state index in [0.29, 0.717) is 6.04 Å². The van der Waals surface area contributed by atoms with Gasteiger partial charge in [0.15, 0.2) is 0 Å². The van der Waals surface area contributed by atoms with Crippen LogP contribution in [0.1, 0.15) is 65.7 Å². The summed E-state index contributed by atoms with van der Waals surface area (Å²) in [6.45, 7) is 6.61. The van der Waals surface area contributed by atoms with Crippen LogP contribution in [0.3, 0.4) is 0 Å². The number of carbonyl (C=O) groups is 1. The van der Waals surface area contributed by atoms with E-state index in [1.807, 2.05) is 0 Å². The molecule has 2 atom stereocenters. The van der Waals surface area contributed by atoms with Gasteiger partial charge in [0.2, 0.25) is 5.91 Å². The first-order valence-electron chi connectivity index (χ1n) is 7.03. The van der Waals surface area contributed by atoms with E-state index in [9.17, 15) is 4.79 Å². The zero-order chi connectivity index (χ0) is 12.9. The lowest BCUT2D eigenvalue weighted by molar-refractivity contribution is -0.124. The van der Waals surface area contributed by atoms with Crippen LogP contribution in [0.2, 0.25) is 0 Å². The predicted molar refractivity (Wildman–Crippen MR) is 71.7 cm³/mol. The van der Waals surface area contributed by atoms with E-state index in [2.05, 4.69) is 26.1 Å². The fourth-order valence-corrected chi connectivity index (χ4v) is 2.60. The van der Waals surface area contributed by atoms with Crippen molar-refractivity contribution in [1.29, 1.82) is 0 Å². The SMILES string of the molecule is CCCCC(N)C(=O)NC1CCCCC1(C)C. The molecule has 2 unspecified atom stereocenters. The number of hydrogen-bond donors (Lipinski definition) is 2. The van der Waals surface area contributed by atoms with E-state index in [1.54, 1.807) is 0 Å². The smallest absolute Gasteiger partial charge is 0.237 e. The van der Waals surface area contributed by atoms with E-state index in [4.69, 9.17) is 5.73 Å². The van der Waals surface area contributed by atoms with E-state index < -0.39 is 0 Å². The second-order valence-electron chi connectivity index (χ2n) is 6.04. The summed E-state index contributed by atoms with van der Waals surface area (Å²) in [6, 6.07) is -0.0240. The molecular weight excluding hydrogens is 212 g/mol. The van der Waals surface area contributed by atoms with Gasteiger partial charge in [-0.15, -0.1) is 0 Å². The lowest BCUT2D eigenvalue weighted by Gasteiger charge is -2.39. The van der Waals surface area contributed by atoms with Crippen molar-refractivity contribution >= 4 is 5.91 Å². The monoisotopic (exact) mass is 240 g/mol. The number of nitrogens with two attached hydrogens (primary N) is 1. The molecule has 17 heavy (non-hydrogen) atoms. The molecule has 0 bridgehead atoms. The summed E-state index contributed by atoms with van der Waals surface area (Å²) >= 11 is 0. The zero-order valence-corrected chi connectivity index (χ0v) is 11.6. The molecule has 0 aliphatic heterocycles. The molecule has 1 rings (SSSR count). The van der Waals surface area contributed by atoms with Gasteiger partial charge in [0.25, 0.3) is 0 Å². The normalized spacial score (nSPS) is 25.3. The summed E-state index contributed by atoms with van der Waals surface area (Å²) in [5.41, 5.74) is 6.12. The summed E-state index contributed by atoms with van der Waals surface area (Å²) < 4.78 is 0. The van der Waals surface area contributed by atoms with Crippen LogP contribution in [0.25, 0.3) is 0 Å². The molecule has 0 radical (unpaired) electrons. The molecule has 3 nitrogen and oxygen atoms in total. The minimum absolute atomic E-state index is 0.0402. The lowest BCUT2D eigenvalue weighted by Crippen LogP contribution is -2.51. The quantitative estimate of drug-likeness (QED) is 0.776. The van der Waals surface area contributed by atoms with Crippen molar-refractivity contribution < 1.29 is 4.79 Å². The second-order valence-corrected chi connectivity index (χ2v) is 6.04. The molecule has 0 aromatic carbocycles. The molecule has 0 heterocycles. The Labute approximate surface area is 106 Å². The van der Waals surface area contributed by atoms with Gasteiger partial charge in [0.1, 0.15) is 0 Å². The molecular formula is C14H28N2O. The largest absolute Gasteiger partial charge is 0.351 e. The first kappa shape index (κ1) is 14.5. The van der Waals surface area contributed by atoms with E-state index in [1.165, 1.54) is 19.3 Å². The Kier molecular flexibility index (Phi) is 5.44. The van der Waals surface area contributed by atoms with E-state index in [-0.39, 0.29) is 17.4 Å². The van der Waals surface area contributed by atoms with Gasteiger partial charge in [-0.3, -0.25) is 4.79 Å². The Morgan fingerprint density at radius 1 is 1.47 bits per heavy atom. The van der Waals surface area contributed by atoms with E-state index >= 15 is 0 Å². The topological polar surface area (TPSA) is 55.1 Å². The van der Waals surface area contributed by atoms with Gasteiger partial charge in [-0.1, -0.05) is 46.5 Å². The average Bonchev–Trinajstić information content (AvgIpc) is 2.28. The molecule has 3 heteroatoms. The molecule has 0 saturated heterocycles. The van der Waals surface area contributed by atoms with Crippen LogP contribution >= 0.6 is 0 Å². The zero-order valence-electron chi connectivity index (χ0n) is 11.6. The van der Waals surface area contributed by atoms with Gasteiger partial charge in [-0.25, -0.2) is 0 Å². The van der Waals surface area contributed by atoms with Crippen molar-refractivity contribution in [2.24, 2.45) is 11.1 Å². The Balaban J connectivity index is 2.43. The van der Waals surface area contributed by atoms with Gasteiger partial charge in [-0.05, 0) is 24.7 Å². The summed E-state index contributed by atoms with van der Waals surface area (Å²) in [5, 5.41) is 3.15. The van der Waals surface area contributed by atoms with Crippen LogP contribution in [0.4, 0.5) is 0 Å². The number of carbonyl (C=O) groups excluding carboxylic acids is 1. The van der Waals surface area contributed by atoms with Crippen LogP contribution in [-0.4, -0.2) is 18.0 Å². The number of unbranched alkanes of at least 4 members (excludes halogenated alkanes) is 1. The van der Waals surface area contributed by atoms with Crippen molar-refractivity contribution in [3.63, 3.8) is 0 Å². The maximum absolute atomic E-state index is 12.0.